The highest BCUT2D eigenvalue weighted by molar-refractivity contribution is 5.60. The van der Waals surface area contributed by atoms with Crippen LogP contribution in [0.3, 0.4) is 0 Å². The highest BCUT2D eigenvalue weighted by atomic mass is 16.5. The van der Waals surface area contributed by atoms with Crippen molar-refractivity contribution in [1.29, 1.82) is 0 Å². The predicted octanol–water partition coefficient (Wildman–Crippen LogP) is 2.54. The highest BCUT2D eigenvalue weighted by Crippen LogP contribution is 2.44. The van der Waals surface area contributed by atoms with Gasteiger partial charge in [0.05, 0.1) is 14.2 Å². The standard InChI is InChI=1S/C18H21NO4/c1-22-17-13-7-8-19-15(9-11-3-5-12(20)6-4-11)14(13)10-16(21)18(17)23-2/h3-6,10,15,19-21H,7-9H2,1-2H3/t15-/m1/s1. The van der Waals surface area contributed by atoms with E-state index in [0.717, 1.165) is 36.1 Å². The fourth-order valence-electron chi connectivity index (χ4n) is 3.20. The molecule has 1 heterocycles. The van der Waals surface area contributed by atoms with Gasteiger partial charge in [0.2, 0.25) is 5.75 Å². The van der Waals surface area contributed by atoms with Gasteiger partial charge in [-0.15, -0.1) is 0 Å². The van der Waals surface area contributed by atoms with Gasteiger partial charge in [0.1, 0.15) is 5.75 Å². The van der Waals surface area contributed by atoms with Gasteiger partial charge in [0, 0.05) is 11.6 Å². The van der Waals surface area contributed by atoms with Crippen LogP contribution in [0.1, 0.15) is 22.7 Å². The number of phenolic OH excluding ortho intramolecular Hbond substituents is 2. The first-order chi connectivity index (χ1) is 11.1. The maximum Gasteiger partial charge on any atom is 0.203 e. The Morgan fingerprint density at radius 3 is 2.43 bits per heavy atom. The molecule has 1 aliphatic rings. The first-order valence-corrected chi connectivity index (χ1v) is 7.62. The molecule has 0 radical (unpaired) electrons. The minimum atomic E-state index is 0.0778. The molecule has 5 heteroatoms. The smallest absolute Gasteiger partial charge is 0.203 e. The minimum Gasteiger partial charge on any atom is -0.508 e. The number of hydrogen-bond donors (Lipinski definition) is 3. The zero-order valence-corrected chi connectivity index (χ0v) is 13.3. The summed E-state index contributed by atoms with van der Waals surface area (Å²) in [6, 6.07) is 9.02. The summed E-state index contributed by atoms with van der Waals surface area (Å²) in [6.45, 7) is 0.833. The molecule has 0 saturated heterocycles. The number of ether oxygens (including phenoxy) is 2. The molecule has 5 nitrogen and oxygen atoms in total. The number of fused-ring (bicyclic) bond motifs is 1. The second-order valence-corrected chi connectivity index (χ2v) is 5.66. The third kappa shape index (κ3) is 2.92. The summed E-state index contributed by atoms with van der Waals surface area (Å²) in [7, 11) is 3.12. The van der Waals surface area contributed by atoms with Crippen molar-refractivity contribution in [2.24, 2.45) is 0 Å². The van der Waals surface area contributed by atoms with Gasteiger partial charge in [-0.3, -0.25) is 0 Å². The normalized spacial score (nSPS) is 16.7. The van der Waals surface area contributed by atoms with Crippen LogP contribution in [-0.2, 0) is 12.8 Å². The summed E-state index contributed by atoms with van der Waals surface area (Å²) in [4.78, 5) is 0. The van der Waals surface area contributed by atoms with Crippen molar-refractivity contribution >= 4 is 0 Å². The van der Waals surface area contributed by atoms with Crippen LogP contribution in [0.15, 0.2) is 30.3 Å². The molecule has 3 N–H and O–H groups in total. The Kier molecular flexibility index (Phi) is 4.30. The van der Waals surface area contributed by atoms with E-state index < -0.39 is 0 Å². The van der Waals surface area contributed by atoms with Crippen molar-refractivity contribution in [3.8, 4) is 23.0 Å². The maximum absolute atomic E-state index is 10.2. The SMILES string of the molecule is COc1c(O)cc2c(c1OC)CCN[C@@H]2Cc1ccc(O)cc1. The van der Waals surface area contributed by atoms with E-state index in [1.807, 2.05) is 12.1 Å². The lowest BCUT2D eigenvalue weighted by Crippen LogP contribution is -2.31. The average Bonchev–Trinajstić information content (AvgIpc) is 2.56. The van der Waals surface area contributed by atoms with Crippen molar-refractivity contribution < 1.29 is 19.7 Å². The van der Waals surface area contributed by atoms with E-state index >= 15 is 0 Å². The van der Waals surface area contributed by atoms with Crippen molar-refractivity contribution in [2.45, 2.75) is 18.9 Å². The van der Waals surface area contributed by atoms with Crippen LogP contribution < -0.4 is 14.8 Å². The zero-order valence-electron chi connectivity index (χ0n) is 13.3. The Morgan fingerprint density at radius 1 is 1.09 bits per heavy atom. The summed E-state index contributed by atoms with van der Waals surface area (Å²) in [5, 5.41) is 23.1. The molecule has 122 valence electrons. The zero-order chi connectivity index (χ0) is 16.4. The van der Waals surface area contributed by atoms with Gasteiger partial charge >= 0.3 is 0 Å². The van der Waals surface area contributed by atoms with Crippen LogP contribution in [0.4, 0.5) is 0 Å². The third-order valence-corrected chi connectivity index (χ3v) is 4.28. The Morgan fingerprint density at radius 2 is 1.78 bits per heavy atom. The average molecular weight is 315 g/mol. The van der Waals surface area contributed by atoms with Crippen LogP contribution in [0.5, 0.6) is 23.0 Å². The van der Waals surface area contributed by atoms with Gasteiger partial charge in [-0.25, -0.2) is 0 Å². The molecule has 0 aromatic heterocycles. The lowest BCUT2D eigenvalue weighted by Gasteiger charge is -2.29. The monoisotopic (exact) mass is 315 g/mol. The summed E-state index contributed by atoms with van der Waals surface area (Å²) < 4.78 is 10.8. The Bertz CT molecular complexity index is 697. The fourth-order valence-corrected chi connectivity index (χ4v) is 3.20. The number of aromatic hydroxyl groups is 2. The van der Waals surface area contributed by atoms with Crippen molar-refractivity contribution in [1.82, 2.24) is 5.32 Å². The van der Waals surface area contributed by atoms with E-state index in [-0.39, 0.29) is 17.5 Å². The molecule has 0 saturated carbocycles. The molecule has 2 aromatic rings. The topological polar surface area (TPSA) is 71.0 Å². The van der Waals surface area contributed by atoms with Crippen molar-refractivity contribution in [3.63, 3.8) is 0 Å². The van der Waals surface area contributed by atoms with Crippen LogP contribution in [0.2, 0.25) is 0 Å². The number of rotatable bonds is 4. The van der Waals surface area contributed by atoms with Crippen molar-refractivity contribution in [3.05, 3.63) is 47.0 Å². The second-order valence-electron chi connectivity index (χ2n) is 5.66. The molecular weight excluding hydrogens is 294 g/mol. The first kappa shape index (κ1) is 15.5. The number of hydrogen-bond acceptors (Lipinski definition) is 5. The largest absolute Gasteiger partial charge is 0.508 e. The molecule has 0 bridgehead atoms. The molecule has 0 fully saturated rings. The lowest BCUT2D eigenvalue weighted by molar-refractivity contribution is 0.326. The summed E-state index contributed by atoms with van der Waals surface area (Å²) in [6.07, 6.45) is 1.59. The van der Waals surface area contributed by atoms with E-state index in [9.17, 15) is 10.2 Å². The molecular formula is C18H21NO4. The molecule has 1 aliphatic heterocycles. The molecule has 3 rings (SSSR count). The Hall–Kier alpha value is -2.40. The van der Waals surface area contributed by atoms with Gasteiger partial charge in [0.25, 0.3) is 0 Å². The number of benzene rings is 2. The van der Waals surface area contributed by atoms with Gasteiger partial charge in [-0.1, -0.05) is 12.1 Å². The number of phenols is 2. The molecule has 2 aromatic carbocycles. The second kappa shape index (κ2) is 6.38. The van der Waals surface area contributed by atoms with Crippen molar-refractivity contribution in [2.75, 3.05) is 20.8 Å². The summed E-state index contributed by atoms with van der Waals surface area (Å²) in [5.74, 6) is 1.34. The molecule has 1 atom stereocenters. The lowest BCUT2D eigenvalue weighted by atomic mass is 9.89. The van der Waals surface area contributed by atoms with Crippen LogP contribution in [-0.4, -0.2) is 31.0 Å². The van der Waals surface area contributed by atoms with E-state index in [1.54, 1.807) is 25.3 Å². The Balaban J connectivity index is 1.98. The predicted molar refractivity (Wildman–Crippen MR) is 87.5 cm³/mol. The first-order valence-electron chi connectivity index (χ1n) is 7.62. The Labute approximate surface area is 135 Å². The van der Waals surface area contributed by atoms with Gasteiger partial charge in [0.15, 0.2) is 11.5 Å². The van der Waals surface area contributed by atoms with E-state index in [4.69, 9.17) is 9.47 Å². The maximum atomic E-state index is 10.2. The van der Waals surface area contributed by atoms with E-state index in [2.05, 4.69) is 5.32 Å². The van der Waals surface area contributed by atoms with E-state index in [0.29, 0.717) is 11.5 Å². The number of methoxy groups -OCH3 is 2. The van der Waals surface area contributed by atoms with Gasteiger partial charge < -0.3 is 25.0 Å². The third-order valence-electron chi connectivity index (χ3n) is 4.28. The summed E-state index contributed by atoms with van der Waals surface area (Å²) in [5.41, 5.74) is 3.21. The van der Waals surface area contributed by atoms with Crippen LogP contribution in [0, 0.1) is 0 Å². The minimum absolute atomic E-state index is 0.0778. The molecule has 0 amide bonds. The van der Waals surface area contributed by atoms with Gasteiger partial charge in [-0.2, -0.15) is 0 Å². The molecule has 0 unspecified atom stereocenters. The molecule has 0 aliphatic carbocycles. The fraction of sp³-hybridized carbons (Fsp3) is 0.333. The summed E-state index contributed by atoms with van der Waals surface area (Å²) >= 11 is 0. The quantitative estimate of drug-likeness (QED) is 0.809. The van der Waals surface area contributed by atoms with Crippen LogP contribution >= 0.6 is 0 Å². The van der Waals surface area contributed by atoms with Gasteiger partial charge in [-0.05, 0) is 48.7 Å². The van der Waals surface area contributed by atoms with E-state index in [1.165, 1.54) is 7.11 Å². The highest BCUT2D eigenvalue weighted by Gasteiger charge is 2.27. The molecule has 0 spiro atoms. The molecule has 23 heavy (non-hydrogen) atoms. The van der Waals surface area contributed by atoms with Crippen LogP contribution in [0.25, 0.3) is 0 Å². The number of nitrogens with one attached hydrogen (secondary N) is 1.